The minimum absolute atomic E-state index is 0.168. The lowest BCUT2D eigenvalue weighted by molar-refractivity contribution is -0.163. The van der Waals surface area contributed by atoms with Crippen LogP contribution in [0.2, 0.25) is 0 Å². The molecular formula is C4H7O3. The summed E-state index contributed by atoms with van der Waals surface area (Å²) in [4.78, 5) is 9.35. The molecule has 0 aliphatic heterocycles. The van der Waals surface area contributed by atoms with Crippen LogP contribution >= 0.6 is 0 Å². The van der Waals surface area contributed by atoms with Crippen molar-refractivity contribution in [2.45, 2.75) is 19.6 Å². The average Bonchev–Trinajstić information content (AvgIpc) is 1.68. The van der Waals surface area contributed by atoms with Gasteiger partial charge in [-0.05, 0) is 0 Å². The van der Waals surface area contributed by atoms with Crippen LogP contribution in [-0.4, -0.2) is 12.8 Å². The fourth-order valence-electron chi connectivity index (χ4n) is 0.158. The van der Waals surface area contributed by atoms with Crippen molar-refractivity contribution < 1.29 is 14.6 Å². The quantitative estimate of drug-likeness (QED) is 0.381. The van der Waals surface area contributed by atoms with Crippen molar-refractivity contribution in [3.8, 4) is 0 Å². The zero-order chi connectivity index (χ0) is 5.70. The first-order chi connectivity index (χ1) is 3.31. The molecule has 1 unspecified atom stereocenters. The van der Waals surface area contributed by atoms with Gasteiger partial charge in [0.2, 0.25) is 6.29 Å². The summed E-state index contributed by atoms with van der Waals surface area (Å²) in [6.07, 6.45) is -0.837. The van der Waals surface area contributed by atoms with E-state index in [2.05, 4.69) is 4.74 Å². The predicted molar refractivity (Wildman–Crippen MR) is 21.9 cm³/mol. The maximum absolute atomic E-state index is 10.0. The van der Waals surface area contributed by atoms with E-state index in [4.69, 9.17) is 0 Å². The lowest BCUT2D eigenvalue weighted by atomic mass is 10.5. The van der Waals surface area contributed by atoms with E-state index in [1.54, 1.807) is 6.92 Å². The van der Waals surface area contributed by atoms with Crippen LogP contribution in [0.4, 0.5) is 0 Å². The predicted octanol–water partition coefficient (Wildman–Crippen LogP) is 0.326. The van der Waals surface area contributed by atoms with Gasteiger partial charge in [0.15, 0.2) is 0 Å². The molecule has 0 aliphatic rings. The SMILES string of the molecule is CCC([O])OC=O. The van der Waals surface area contributed by atoms with Crippen LogP contribution in [0.25, 0.3) is 0 Å². The van der Waals surface area contributed by atoms with Crippen LogP contribution in [0.1, 0.15) is 13.3 Å². The van der Waals surface area contributed by atoms with Gasteiger partial charge < -0.3 is 4.74 Å². The standard InChI is InChI=1S/C4H7O3/c1-2-4(6)7-3-5/h3-4H,2H2,1H3. The fourth-order valence-corrected chi connectivity index (χ4v) is 0.158. The maximum Gasteiger partial charge on any atom is 0.295 e. The van der Waals surface area contributed by atoms with E-state index in [0.717, 1.165) is 0 Å². The summed E-state index contributed by atoms with van der Waals surface area (Å²) in [7, 11) is 0. The highest BCUT2D eigenvalue weighted by Gasteiger charge is 1.97. The minimum Gasteiger partial charge on any atom is -0.435 e. The number of ether oxygens (including phenoxy) is 1. The third kappa shape index (κ3) is 3.26. The summed E-state index contributed by atoms with van der Waals surface area (Å²) < 4.78 is 3.95. The van der Waals surface area contributed by atoms with Crippen molar-refractivity contribution in [3.63, 3.8) is 0 Å². The van der Waals surface area contributed by atoms with Gasteiger partial charge in [0.05, 0.1) is 0 Å². The maximum atomic E-state index is 10.0. The Morgan fingerprint density at radius 3 is 2.57 bits per heavy atom. The molecule has 0 spiro atoms. The molecule has 0 saturated carbocycles. The Kier molecular flexibility index (Phi) is 3.32. The zero-order valence-electron chi connectivity index (χ0n) is 4.09. The van der Waals surface area contributed by atoms with Gasteiger partial charge in [0.1, 0.15) is 0 Å². The third-order valence-electron chi connectivity index (χ3n) is 0.541. The van der Waals surface area contributed by atoms with Gasteiger partial charge in [0.25, 0.3) is 6.47 Å². The average molecular weight is 103 g/mol. The van der Waals surface area contributed by atoms with E-state index in [-0.39, 0.29) is 6.47 Å². The molecule has 0 heterocycles. The number of hydrogen-bond donors (Lipinski definition) is 0. The third-order valence-corrected chi connectivity index (χ3v) is 0.541. The molecule has 0 aromatic rings. The van der Waals surface area contributed by atoms with Crippen molar-refractivity contribution in [1.82, 2.24) is 0 Å². The van der Waals surface area contributed by atoms with Crippen molar-refractivity contribution in [1.29, 1.82) is 0 Å². The van der Waals surface area contributed by atoms with Crippen LogP contribution in [0.15, 0.2) is 0 Å². The Morgan fingerprint density at radius 1 is 1.86 bits per heavy atom. The Balaban J connectivity index is 2.98. The van der Waals surface area contributed by atoms with Crippen LogP contribution < -0.4 is 0 Å². The second-order valence-electron chi connectivity index (χ2n) is 1.07. The molecular weight excluding hydrogens is 96.0 g/mol. The molecule has 0 aromatic heterocycles. The normalized spacial score (nSPS) is 12.9. The smallest absolute Gasteiger partial charge is 0.295 e. The Hall–Kier alpha value is -0.570. The number of carbonyl (C=O) groups excluding carboxylic acids is 1. The largest absolute Gasteiger partial charge is 0.435 e. The summed E-state index contributed by atoms with van der Waals surface area (Å²) in [6.45, 7) is 1.82. The summed E-state index contributed by atoms with van der Waals surface area (Å²) in [5.74, 6) is 0. The molecule has 7 heavy (non-hydrogen) atoms. The van der Waals surface area contributed by atoms with E-state index in [1.165, 1.54) is 0 Å². The first-order valence-electron chi connectivity index (χ1n) is 2.06. The lowest BCUT2D eigenvalue weighted by Gasteiger charge is -1.97. The van der Waals surface area contributed by atoms with E-state index in [0.29, 0.717) is 6.42 Å². The van der Waals surface area contributed by atoms with Crippen LogP contribution in [0, 0.1) is 0 Å². The zero-order valence-corrected chi connectivity index (χ0v) is 4.09. The molecule has 3 heteroatoms. The first kappa shape index (κ1) is 6.43. The Bertz CT molecular complexity index is 52.9. The molecule has 1 atom stereocenters. The van der Waals surface area contributed by atoms with E-state index >= 15 is 0 Å². The molecule has 0 aliphatic carbocycles. The molecule has 41 valence electrons. The fraction of sp³-hybridized carbons (Fsp3) is 0.750. The summed E-state index contributed by atoms with van der Waals surface area (Å²) in [6, 6.07) is 0. The Labute approximate surface area is 41.9 Å². The highest BCUT2D eigenvalue weighted by atomic mass is 16.6. The van der Waals surface area contributed by atoms with E-state index < -0.39 is 6.29 Å². The van der Waals surface area contributed by atoms with Crippen LogP contribution in [-0.2, 0) is 14.6 Å². The molecule has 0 saturated heterocycles. The number of rotatable bonds is 3. The van der Waals surface area contributed by atoms with Gasteiger partial charge in [-0.2, -0.15) is 5.11 Å². The molecule has 0 bridgehead atoms. The summed E-state index contributed by atoms with van der Waals surface area (Å²) in [5.41, 5.74) is 0. The second-order valence-corrected chi connectivity index (χ2v) is 1.07. The van der Waals surface area contributed by atoms with Crippen LogP contribution in [0.5, 0.6) is 0 Å². The van der Waals surface area contributed by atoms with Crippen molar-refractivity contribution in [3.05, 3.63) is 0 Å². The van der Waals surface area contributed by atoms with Crippen LogP contribution in [0.3, 0.4) is 0 Å². The van der Waals surface area contributed by atoms with E-state index in [1.807, 2.05) is 0 Å². The Morgan fingerprint density at radius 2 is 2.43 bits per heavy atom. The molecule has 0 rings (SSSR count). The minimum atomic E-state index is -1.17. The molecule has 0 N–H and O–H groups in total. The van der Waals surface area contributed by atoms with Gasteiger partial charge >= 0.3 is 0 Å². The molecule has 3 nitrogen and oxygen atoms in total. The topological polar surface area (TPSA) is 46.2 Å². The van der Waals surface area contributed by atoms with E-state index in [9.17, 15) is 9.90 Å². The van der Waals surface area contributed by atoms with Gasteiger partial charge in [-0.1, -0.05) is 6.92 Å². The number of carbonyl (C=O) groups is 1. The van der Waals surface area contributed by atoms with Gasteiger partial charge in [-0.25, -0.2) is 0 Å². The second kappa shape index (κ2) is 3.61. The van der Waals surface area contributed by atoms with Gasteiger partial charge in [-0.3, -0.25) is 4.79 Å². The van der Waals surface area contributed by atoms with Crippen molar-refractivity contribution >= 4 is 6.47 Å². The first-order valence-corrected chi connectivity index (χ1v) is 2.06. The number of hydrogen-bond acceptors (Lipinski definition) is 2. The molecule has 0 fully saturated rings. The highest BCUT2D eigenvalue weighted by Crippen LogP contribution is 1.88. The lowest BCUT2D eigenvalue weighted by Crippen LogP contribution is -2.05. The molecule has 0 amide bonds. The molecule has 0 aromatic carbocycles. The van der Waals surface area contributed by atoms with Crippen molar-refractivity contribution in [2.75, 3.05) is 0 Å². The monoisotopic (exact) mass is 103 g/mol. The summed E-state index contributed by atoms with van der Waals surface area (Å²) >= 11 is 0. The summed E-state index contributed by atoms with van der Waals surface area (Å²) in [5, 5.41) is 10.0. The van der Waals surface area contributed by atoms with Gasteiger partial charge in [-0.15, -0.1) is 0 Å². The highest BCUT2D eigenvalue weighted by molar-refractivity contribution is 5.37. The molecule has 1 radical (unpaired) electrons. The van der Waals surface area contributed by atoms with Crippen molar-refractivity contribution in [2.24, 2.45) is 0 Å². The van der Waals surface area contributed by atoms with Gasteiger partial charge in [0, 0.05) is 6.42 Å².